The maximum atomic E-state index is 10.8. The number of rotatable bonds is 4. The molecule has 2 aromatic heterocycles. The van der Waals surface area contributed by atoms with Crippen LogP contribution in [0.15, 0.2) is 59.0 Å². The molecule has 130 valence electrons. The summed E-state index contributed by atoms with van der Waals surface area (Å²) in [5.41, 5.74) is 6.65. The third-order valence-corrected chi connectivity index (χ3v) is 3.48. The molecule has 0 aliphatic carbocycles. The maximum absolute atomic E-state index is 10.8. The van der Waals surface area contributed by atoms with E-state index in [0.29, 0.717) is 11.3 Å². The van der Waals surface area contributed by atoms with Gasteiger partial charge in [0, 0.05) is 23.9 Å². The number of nitro groups is 1. The number of nitrogens with two attached hydrogens (primary N) is 1. The van der Waals surface area contributed by atoms with Crippen molar-refractivity contribution in [3.8, 4) is 17.1 Å². The van der Waals surface area contributed by atoms with Crippen LogP contribution in [0.25, 0.3) is 11.3 Å². The Labute approximate surface area is 151 Å². The molecule has 0 aliphatic heterocycles. The van der Waals surface area contributed by atoms with Crippen LogP contribution in [0, 0.1) is 10.1 Å². The highest BCUT2D eigenvalue weighted by atomic mass is 32.1. The summed E-state index contributed by atoms with van der Waals surface area (Å²) < 4.78 is 0.934. The SMILES string of the molecule is NC(=S)n1nc(-c2ccc([N+](=O)[O-])cc2)c(/N=N/c2cccnc2)c1O. The van der Waals surface area contributed by atoms with E-state index in [1.165, 1.54) is 30.5 Å². The minimum Gasteiger partial charge on any atom is -0.492 e. The van der Waals surface area contributed by atoms with E-state index in [4.69, 9.17) is 18.0 Å². The minimum absolute atomic E-state index is 0.0236. The van der Waals surface area contributed by atoms with Crippen molar-refractivity contribution in [2.45, 2.75) is 0 Å². The fourth-order valence-corrected chi connectivity index (χ4v) is 2.23. The molecule has 0 saturated heterocycles. The van der Waals surface area contributed by atoms with Gasteiger partial charge in [0.2, 0.25) is 5.88 Å². The summed E-state index contributed by atoms with van der Waals surface area (Å²) in [6.07, 6.45) is 3.08. The zero-order chi connectivity index (χ0) is 18.7. The smallest absolute Gasteiger partial charge is 0.269 e. The van der Waals surface area contributed by atoms with Gasteiger partial charge in [-0.1, -0.05) is 0 Å². The van der Waals surface area contributed by atoms with E-state index in [-0.39, 0.29) is 22.2 Å². The van der Waals surface area contributed by atoms with E-state index >= 15 is 0 Å². The molecule has 0 radical (unpaired) electrons. The van der Waals surface area contributed by atoms with Crippen molar-refractivity contribution in [1.82, 2.24) is 14.8 Å². The number of azo groups is 1. The number of nitrogens with zero attached hydrogens (tertiary/aromatic N) is 6. The number of pyridine rings is 1. The largest absolute Gasteiger partial charge is 0.492 e. The number of hydrogen-bond donors (Lipinski definition) is 2. The monoisotopic (exact) mass is 369 g/mol. The number of non-ortho nitro benzene ring substituents is 1. The topological polar surface area (TPSA) is 145 Å². The van der Waals surface area contributed by atoms with Gasteiger partial charge in [-0.3, -0.25) is 15.1 Å². The first kappa shape index (κ1) is 17.1. The fourth-order valence-electron chi connectivity index (χ4n) is 2.10. The van der Waals surface area contributed by atoms with E-state index in [1.807, 2.05) is 0 Å². The van der Waals surface area contributed by atoms with Crippen molar-refractivity contribution in [2.75, 3.05) is 0 Å². The first-order chi connectivity index (χ1) is 12.5. The molecular formula is C15H11N7O3S. The van der Waals surface area contributed by atoms with Crippen molar-refractivity contribution >= 4 is 34.4 Å². The maximum Gasteiger partial charge on any atom is 0.269 e. The molecular weight excluding hydrogens is 358 g/mol. The number of benzene rings is 1. The van der Waals surface area contributed by atoms with Crippen molar-refractivity contribution in [1.29, 1.82) is 0 Å². The van der Waals surface area contributed by atoms with Gasteiger partial charge < -0.3 is 10.8 Å². The minimum atomic E-state index is -0.516. The van der Waals surface area contributed by atoms with Crippen molar-refractivity contribution < 1.29 is 10.0 Å². The molecule has 11 heteroatoms. The van der Waals surface area contributed by atoms with Crippen LogP contribution in [0.1, 0.15) is 0 Å². The van der Waals surface area contributed by atoms with Crippen molar-refractivity contribution in [2.24, 2.45) is 16.0 Å². The molecule has 0 saturated carbocycles. The zero-order valence-corrected chi connectivity index (χ0v) is 13.9. The van der Waals surface area contributed by atoms with Crippen molar-refractivity contribution in [3.05, 3.63) is 58.9 Å². The third kappa shape index (κ3) is 3.37. The van der Waals surface area contributed by atoms with E-state index in [0.717, 1.165) is 4.68 Å². The van der Waals surface area contributed by atoms with Crippen LogP contribution in [-0.2, 0) is 0 Å². The summed E-state index contributed by atoms with van der Waals surface area (Å²) >= 11 is 4.85. The van der Waals surface area contributed by atoms with E-state index in [9.17, 15) is 15.2 Å². The molecule has 2 heterocycles. The highest BCUT2D eigenvalue weighted by molar-refractivity contribution is 7.80. The second-order valence-corrected chi connectivity index (χ2v) is 5.40. The lowest BCUT2D eigenvalue weighted by atomic mass is 10.1. The van der Waals surface area contributed by atoms with Gasteiger partial charge in [0.15, 0.2) is 10.8 Å². The summed E-state index contributed by atoms with van der Waals surface area (Å²) in [7, 11) is 0. The van der Waals surface area contributed by atoms with Gasteiger partial charge in [0.25, 0.3) is 5.69 Å². The Hall–Kier alpha value is -3.73. The Kier molecular flexibility index (Phi) is 4.62. The Bertz CT molecular complexity index is 1000. The highest BCUT2D eigenvalue weighted by Gasteiger charge is 2.21. The van der Waals surface area contributed by atoms with Crippen LogP contribution < -0.4 is 5.73 Å². The molecule has 3 aromatic rings. The predicted molar refractivity (Wildman–Crippen MR) is 96.6 cm³/mol. The quantitative estimate of drug-likeness (QED) is 0.311. The lowest BCUT2D eigenvalue weighted by Crippen LogP contribution is -2.19. The number of thiocarbonyl (C=S) groups is 1. The van der Waals surface area contributed by atoms with E-state index in [2.05, 4.69) is 20.3 Å². The summed E-state index contributed by atoms with van der Waals surface area (Å²) in [6, 6.07) is 8.95. The molecule has 10 nitrogen and oxygen atoms in total. The summed E-state index contributed by atoms with van der Waals surface area (Å²) in [6.45, 7) is 0. The molecule has 3 N–H and O–H groups in total. The van der Waals surface area contributed by atoms with Crippen LogP contribution in [0.4, 0.5) is 17.1 Å². The zero-order valence-electron chi connectivity index (χ0n) is 13.1. The summed E-state index contributed by atoms with van der Waals surface area (Å²) in [5, 5.41) is 33.1. The normalized spacial score (nSPS) is 10.9. The molecule has 0 atom stereocenters. The lowest BCUT2D eigenvalue weighted by Gasteiger charge is -1.98. The number of hydrogen-bond acceptors (Lipinski definition) is 8. The molecule has 0 spiro atoms. The Morgan fingerprint density at radius 1 is 1.27 bits per heavy atom. The molecule has 0 bridgehead atoms. The van der Waals surface area contributed by atoms with E-state index < -0.39 is 10.8 Å². The van der Waals surface area contributed by atoms with E-state index in [1.54, 1.807) is 18.3 Å². The second-order valence-electron chi connectivity index (χ2n) is 4.99. The molecule has 0 aliphatic rings. The Morgan fingerprint density at radius 3 is 2.58 bits per heavy atom. The number of aromatic nitrogens is 3. The van der Waals surface area contributed by atoms with Crippen LogP contribution in [0.5, 0.6) is 5.88 Å². The average molecular weight is 369 g/mol. The third-order valence-electron chi connectivity index (χ3n) is 3.31. The van der Waals surface area contributed by atoms with Crippen molar-refractivity contribution in [3.63, 3.8) is 0 Å². The van der Waals surface area contributed by atoms with Crippen LogP contribution >= 0.6 is 12.2 Å². The average Bonchev–Trinajstić information content (AvgIpc) is 2.97. The lowest BCUT2D eigenvalue weighted by molar-refractivity contribution is -0.384. The van der Waals surface area contributed by atoms with Gasteiger partial charge >= 0.3 is 0 Å². The molecule has 0 unspecified atom stereocenters. The van der Waals surface area contributed by atoms with Gasteiger partial charge in [-0.15, -0.1) is 10.2 Å². The molecule has 0 amide bonds. The number of aromatic hydroxyl groups is 1. The first-order valence-electron chi connectivity index (χ1n) is 7.15. The van der Waals surface area contributed by atoms with Crippen LogP contribution in [-0.4, -0.2) is 29.9 Å². The number of nitro benzene ring substituents is 1. The molecule has 3 rings (SSSR count). The molecule has 1 aromatic carbocycles. The Balaban J connectivity index is 2.09. The van der Waals surface area contributed by atoms with Gasteiger partial charge in [-0.05, 0) is 36.5 Å². The first-order valence-corrected chi connectivity index (χ1v) is 7.56. The fraction of sp³-hybridized carbons (Fsp3) is 0. The van der Waals surface area contributed by atoms with Crippen LogP contribution in [0.2, 0.25) is 0 Å². The van der Waals surface area contributed by atoms with Crippen LogP contribution in [0.3, 0.4) is 0 Å². The summed E-state index contributed by atoms with van der Waals surface area (Å²) in [5.74, 6) is -0.390. The molecule has 0 fully saturated rings. The van der Waals surface area contributed by atoms with Gasteiger partial charge in [-0.25, -0.2) is 0 Å². The van der Waals surface area contributed by atoms with Gasteiger partial charge in [-0.2, -0.15) is 9.78 Å². The van der Waals surface area contributed by atoms with Gasteiger partial charge in [0.05, 0.1) is 11.1 Å². The highest BCUT2D eigenvalue weighted by Crippen LogP contribution is 2.38. The second kappa shape index (κ2) is 7.03. The summed E-state index contributed by atoms with van der Waals surface area (Å²) in [4.78, 5) is 14.2. The van der Waals surface area contributed by atoms with Gasteiger partial charge in [0.1, 0.15) is 11.4 Å². The molecule has 26 heavy (non-hydrogen) atoms. The Morgan fingerprint density at radius 2 is 2.00 bits per heavy atom. The predicted octanol–water partition coefficient (Wildman–Crippen LogP) is 3.07. The standard InChI is InChI=1S/C15H11N7O3S/c16-15(26)21-14(23)13(19-18-10-2-1-7-17-8-10)12(20-21)9-3-5-11(6-4-9)22(24)25/h1-8,23H,(H2,16,26)/b19-18+.